The monoisotopic (exact) mass is 291 g/mol. The van der Waals surface area contributed by atoms with Crippen LogP contribution < -0.4 is 4.90 Å². The van der Waals surface area contributed by atoms with Crippen LogP contribution in [0, 0.1) is 0 Å². The number of hydrogen-bond acceptors (Lipinski definition) is 3. The first kappa shape index (κ1) is 16.3. The van der Waals surface area contributed by atoms with E-state index in [0.717, 1.165) is 12.1 Å². The van der Waals surface area contributed by atoms with Crippen LogP contribution in [0.1, 0.15) is 22.8 Å². The van der Waals surface area contributed by atoms with Gasteiger partial charge in [-0.1, -0.05) is 0 Å². The number of ether oxygens (including phenoxy) is 1. The van der Waals surface area contributed by atoms with Gasteiger partial charge in [0.15, 0.2) is 0 Å². The number of alkyl halides is 3. The summed E-state index contributed by atoms with van der Waals surface area (Å²) in [6.45, 7) is 3.09. The molecule has 0 aromatic heterocycles. The van der Waals surface area contributed by atoms with Crippen LogP contribution in [0.3, 0.4) is 0 Å². The lowest BCUT2D eigenvalue weighted by atomic mass is 10.1. The molecule has 0 saturated carbocycles. The number of anilines is 1. The molecule has 0 fully saturated rings. The van der Waals surface area contributed by atoms with Crippen LogP contribution in [0.5, 0.6) is 0 Å². The molecular formula is C13H16F3NO3. The van der Waals surface area contributed by atoms with E-state index in [0.29, 0.717) is 25.4 Å². The van der Waals surface area contributed by atoms with Crippen molar-refractivity contribution < 1.29 is 27.8 Å². The predicted molar refractivity (Wildman–Crippen MR) is 68.2 cm³/mol. The lowest BCUT2D eigenvalue weighted by Crippen LogP contribution is -2.27. The Morgan fingerprint density at radius 2 is 2.05 bits per heavy atom. The number of methoxy groups -OCH3 is 1. The van der Waals surface area contributed by atoms with Crippen LogP contribution in [0.4, 0.5) is 18.9 Å². The van der Waals surface area contributed by atoms with Crippen LogP contribution >= 0.6 is 0 Å². The molecule has 0 aliphatic carbocycles. The minimum Gasteiger partial charge on any atom is -0.478 e. The van der Waals surface area contributed by atoms with Crippen LogP contribution in [0.15, 0.2) is 18.2 Å². The first-order chi connectivity index (χ1) is 9.31. The van der Waals surface area contributed by atoms with Crippen LogP contribution in [0.25, 0.3) is 0 Å². The SMILES string of the molecule is CCN(CCOC)c1ccc(C(=O)O)c(C(F)(F)F)c1. The zero-order valence-electron chi connectivity index (χ0n) is 11.2. The lowest BCUT2D eigenvalue weighted by molar-refractivity contribution is -0.138. The zero-order valence-corrected chi connectivity index (χ0v) is 11.2. The van der Waals surface area contributed by atoms with E-state index >= 15 is 0 Å². The molecule has 0 aliphatic heterocycles. The highest BCUT2D eigenvalue weighted by molar-refractivity contribution is 5.90. The van der Waals surface area contributed by atoms with Gasteiger partial charge in [0.2, 0.25) is 0 Å². The molecule has 0 unspecified atom stereocenters. The average Bonchev–Trinajstić information content (AvgIpc) is 2.38. The average molecular weight is 291 g/mol. The first-order valence-electron chi connectivity index (χ1n) is 5.99. The number of carboxylic acid groups (broad SMARTS) is 1. The lowest BCUT2D eigenvalue weighted by Gasteiger charge is -2.24. The third-order valence-electron chi connectivity index (χ3n) is 2.85. The Morgan fingerprint density at radius 3 is 2.50 bits per heavy atom. The topological polar surface area (TPSA) is 49.8 Å². The maximum atomic E-state index is 12.9. The number of carboxylic acids is 1. The van der Waals surface area contributed by atoms with E-state index in [1.807, 2.05) is 0 Å². The molecule has 4 nitrogen and oxygen atoms in total. The summed E-state index contributed by atoms with van der Waals surface area (Å²) in [6, 6.07) is 3.22. The number of aromatic carboxylic acids is 1. The van der Waals surface area contributed by atoms with Gasteiger partial charge >= 0.3 is 12.1 Å². The smallest absolute Gasteiger partial charge is 0.417 e. The number of likely N-dealkylation sites (N-methyl/N-ethyl adjacent to an activating group) is 1. The second-order valence-corrected chi connectivity index (χ2v) is 4.11. The maximum absolute atomic E-state index is 12.9. The predicted octanol–water partition coefficient (Wildman–Crippen LogP) is 2.88. The van der Waals surface area contributed by atoms with Crippen molar-refractivity contribution in [3.05, 3.63) is 29.3 Å². The highest BCUT2D eigenvalue weighted by Gasteiger charge is 2.35. The second kappa shape index (κ2) is 6.60. The minimum atomic E-state index is -4.70. The summed E-state index contributed by atoms with van der Waals surface area (Å²) in [5.41, 5.74) is -1.57. The largest absolute Gasteiger partial charge is 0.478 e. The molecule has 0 aliphatic rings. The molecule has 0 atom stereocenters. The fourth-order valence-electron chi connectivity index (χ4n) is 1.82. The van der Waals surface area contributed by atoms with Gasteiger partial charge in [-0.2, -0.15) is 13.2 Å². The summed E-state index contributed by atoms with van der Waals surface area (Å²) in [6.07, 6.45) is -4.70. The minimum absolute atomic E-state index is 0.321. The highest BCUT2D eigenvalue weighted by Crippen LogP contribution is 2.34. The van der Waals surface area contributed by atoms with Crippen molar-refractivity contribution in [2.24, 2.45) is 0 Å². The Bertz CT molecular complexity index is 474. The number of hydrogen-bond donors (Lipinski definition) is 1. The second-order valence-electron chi connectivity index (χ2n) is 4.11. The Balaban J connectivity index is 3.21. The van der Waals surface area contributed by atoms with Gasteiger partial charge in [0.1, 0.15) is 0 Å². The quantitative estimate of drug-likeness (QED) is 0.875. The van der Waals surface area contributed by atoms with E-state index in [1.54, 1.807) is 11.8 Å². The van der Waals surface area contributed by atoms with Gasteiger partial charge in [-0.3, -0.25) is 0 Å². The van der Waals surface area contributed by atoms with E-state index in [9.17, 15) is 18.0 Å². The Labute approximate surface area is 114 Å². The Kier molecular flexibility index (Phi) is 5.38. The molecular weight excluding hydrogens is 275 g/mol. The molecule has 0 bridgehead atoms. The summed E-state index contributed by atoms with van der Waals surface area (Å²) < 4.78 is 43.6. The number of rotatable bonds is 6. The summed E-state index contributed by atoms with van der Waals surface area (Å²) in [4.78, 5) is 12.5. The molecule has 112 valence electrons. The number of carbonyl (C=O) groups is 1. The van der Waals surface area contributed by atoms with Crippen molar-refractivity contribution in [1.29, 1.82) is 0 Å². The molecule has 0 amide bonds. The number of halogens is 3. The van der Waals surface area contributed by atoms with E-state index in [-0.39, 0.29) is 0 Å². The van der Waals surface area contributed by atoms with Crippen molar-refractivity contribution in [3.63, 3.8) is 0 Å². The van der Waals surface area contributed by atoms with E-state index in [2.05, 4.69) is 0 Å². The Hall–Kier alpha value is -1.76. The standard InChI is InChI=1S/C13H16F3NO3/c1-3-17(6-7-20-2)9-4-5-10(12(18)19)11(8-9)13(14,15)16/h4-5,8H,3,6-7H2,1-2H3,(H,18,19). The van der Waals surface area contributed by atoms with E-state index in [1.165, 1.54) is 13.2 Å². The maximum Gasteiger partial charge on any atom is 0.417 e. The highest BCUT2D eigenvalue weighted by atomic mass is 19.4. The van der Waals surface area contributed by atoms with Gasteiger partial charge in [0, 0.05) is 25.9 Å². The molecule has 0 saturated heterocycles. The van der Waals surface area contributed by atoms with Gasteiger partial charge in [-0.05, 0) is 25.1 Å². The van der Waals surface area contributed by atoms with Gasteiger partial charge in [-0.15, -0.1) is 0 Å². The normalized spacial score (nSPS) is 11.4. The van der Waals surface area contributed by atoms with Crippen molar-refractivity contribution in [1.82, 2.24) is 0 Å². The molecule has 1 aromatic carbocycles. The first-order valence-corrected chi connectivity index (χ1v) is 5.99. The summed E-state index contributed by atoms with van der Waals surface area (Å²) >= 11 is 0. The van der Waals surface area contributed by atoms with Crippen LogP contribution in [0.2, 0.25) is 0 Å². The summed E-state index contributed by atoms with van der Waals surface area (Å²) in [5, 5.41) is 8.82. The van der Waals surface area contributed by atoms with E-state index < -0.39 is 23.3 Å². The van der Waals surface area contributed by atoms with E-state index in [4.69, 9.17) is 9.84 Å². The Morgan fingerprint density at radius 1 is 1.40 bits per heavy atom. The molecule has 1 rings (SSSR count). The summed E-state index contributed by atoms with van der Waals surface area (Å²) in [5.74, 6) is -1.59. The number of benzene rings is 1. The number of nitrogens with zero attached hydrogens (tertiary/aromatic N) is 1. The van der Waals surface area contributed by atoms with Crippen molar-refractivity contribution >= 4 is 11.7 Å². The van der Waals surface area contributed by atoms with Gasteiger partial charge in [0.05, 0.1) is 17.7 Å². The molecule has 0 radical (unpaired) electrons. The molecule has 7 heteroatoms. The fraction of sp³-hybridized carbons (Fsp3) is 0.462. The third kappa shape index (κ3) is 3.86. The van der Waals surface area contributed by atoms with Crippen molar-refractivity contribution in [3.8, 4) is 0 Å². The molecule has 1 aromatic rings. The third-order valence-corrected chi connectivity index (χ3v) is 2.85. The fourth-order valence-corrected chi connectivity index (χ4v) is 1.82. The van der Waals surface area contributed by atoms with Gasteiger partial charge in [-0.25, -0.2) is 4.79 Å². The molecule has 0 spiro atoms. The van der Waals surface area contributed by atoms with Crippen molar-refractivity contribution in [2.75, 3.05) is 31.7 Å². The zero-order chi connectivity index (χ0) is 15.3. The van der Waals surface area contributed by atoms with Gasteiger partial charge < -0.3 is 14.7 Å². The molecule has 1 N–H and O–H groups in total. The molecule has 20 heavy (non-hydrogen) atoms. The van der Waals surface area contributed by atoms with Gasteiger partial charge in [0.25, 0.3) is 0 Å². The van der Waals surface area contributed by atoms with Crippen LogP contribution in [-0.2, 0) is 10.9 Å². The summed E-state index contributed by atoms with van der Waals surface area (Å²) in [7, 11) is 1.50. The van der Waals surface area contributed by atoms with Crippen LogP contribution in [-0.4, -0.2) is 37.9 Å². The molecule has 0 heterocycles. The van der Waals surface area contributed by atoms with Crippen molar-refractivity contribution in [2.45, 2.75) is 13.1 Å².